The maximum Gasteiger partial charge on any atom is 0.333 e. The molecule has 0 fully saturated rings. The van der Waals surface area contributed by atoms with Crippen molar-refractivity contribution in [3.05, 3.63) is 47.5 Å². The van der Waals surface area contributed by atoms with E-state index in [-0.39, 0.29) is 11.9 Å². The van der Waals surface area contributed by atoms with Crippen LogP contribution in [-0.2, 0) is 16.0 Å². The van der Waals surface area contributed by atoms with Crippen LogP contribution in [0.4, 0.5) is 0 Å². The molecule has 1 aliphatic rings. The van der Waals surface area contributed by atoms with Crippen LogP contribution >= 0.6 is 0 Å². The number of ether oxygens (including phenoxy) is 1. The lowest BCUT2D eigenvalue weighted by molar-refractivity contribution is -0.155. The van der Waals surface area contributed by atoms with E-state index in [2.05, 4.69) is 37.8 Å². The summed E-state index contributed by atoms with van der Waals surface area (Å²) in [6.45, 7) is 11.7. The number of fused-ring (bicyclic) bond motifs is 1. The minimum absolute atomic E-state index is 0.246. The molecule has 1 aromatic carbocycles. The molecule has 2 rings (SSSR count). The maximum absolute atomic E-state index is 12.0. The van der Waals surface area contributed by atoms with Gasteiger partial charge in [0.25, 0.3) is 0 Å². The van der Waals surface area contributed by atoms with Gasteiger partial charge in [0.1, 0.15) is 5.60 Å². The fourth-order valence-corrected chi connectivity index (χ4v) is 3.60. The Bertz CT molecular complexity index is 542. The van der Waals surface area contributed by atoms with Crippen LogP contribution in [0.3, 0.4) is 0 Å². The topological polar surface area (TPSA) is 26.3 Å². The van der Waals surface area contributed by atoms with Crippen molar-refractivity contribution in [3.63, 3.8) is 0 Å². The van der Waals surface area contributed by atoms with Crippen LogP contribution in [0.2, 0.25) is 0 Å². The summed E-state index contributed by atoms with van der Waals surface area (Å²) in [6, 6.07) is 8.57. The molecule has 0 spiro atoms. The Labute approximate surface area is 128 Å². The van der Waals surface area contributed by atoms with E-state index in [4.69, 9.17) is 4.74 Å². The van der Waals surface area contributed by atoms with Crippen LogP contribution in [0, 0.1) is 5.92 Å². The Balaban J connectivity index is 2.38. The van der Waals surface area contributed by atoms with E-state index in [0.29, 0.717) is 11.5 Å². The van der Waals surface area contributed by atoms with Gasteiger partial charge in [-0.2, -0.15) is 0 Å². The molecule has 2 atom stereocenters. The van der Waals surface area contributed by atoms with Gasteiger partial charge in [0.2, 0.25) is 0 Å². The van der Waals surface area contributed by atoms with Crippen molar-refractivity contribution in [2.75, 3.05) is 0 Å². The average molecular weight is 286 g/mol. The van der Waals surface area contributed by atoms with Crippen LogP contribution < -0.4 is 0 Å². The zero-order chi connectivity index (χ0) is 15.6. The van der Waals surface area contributed by atoms with Gasteiger partial charge in [0.15, 0.2) is 0 Å². The van der Waals surface area contributed by atoms with Crippen molar-refractivity contribution >= 4 is 5.97 Å². The summed E-state index contributed by atoms with van der Waals surface area (Å²) in [5.74, 6) is 0.501. The highest BCUT2D eigenvalue weighted by Crippen LogP contribution is 2.45. The first-order valence-corrected chi connectivity index (χ1v) is 7.83. The number of carbonyl (C=O) groups is 1. The lowest BCUT2D eigenvalue weighted by Crippen LogP contribution is -2.41. The van der Waals surface area contributed by atoms with Crippen molar-refractivity contribution in [1.29, 1.82) is 0 Å². The standard InChI is InChI=1S/C19H26O2/c1-6-14-11-12-15-9-7-8-10-16(15)17(14)19(4,5)21-18(20)13(2)3/h7-10,14,17H,2,6,11-12H2,1,3-5H3. The number of carbonyl (C=O) groups excluding carboxylic acids is 1. The quantitative estimate of drug-likeness (QED) is 0.595. The third kappa shape index (κ3) is 3.20. The maximum atomic E-state index is 12.0. The monoisotopic (exact) mass is 286 g/mol. The summed E-state index contributed by atoms with van der Waals surface area (Å²) >= 11 is 0. The molecule has 0 radical (unpaired) electrons. The second kappa shape index (κ2) is 6.05. The van der Waals surface area contributed by atoms with Crippen molar-refractivity contribution in [3.8, 4) is 0 Å². The Morgan fingerprint density at radius 1 is 1.38 bits per heavy atom. The number of benzene rings is 1. The molecule has 114 valence electrons. The lowest BCUT2D eigenvalue weighted by atomic mass is 9.67. The van der Waals surface area contributed by atoms with Crippen molar-refractivity contribution in [1.82, 2.24) is 0 Å². The number of hydrogen-bond acceptors (Lipinski definition) is 2. The Hall–Kier alpha value is -1.57. The largest absolute Gasteiger partial charge is 0.456 e. The minimum atomic E-state index is -0.521. The van der Waals surface area contributed by atoms with Crippen LogP contribution in [0.1, 0.15) is 57.6 Å². The van der Waals surface area contributed by atoms with E-state index >= 15 is 0 Å². The molecule has 21 heavy (non-hydrogen) atoms. The molecule has 0 N–H and O–H groups in total. The van der Waals surface area contributed by atoms with Gasteiger partial charge < -0.3 is 4.74 Å². The smallest absolute Gasteiger partial charge is 0.333 e. The minimum Gasteiger partial charge on any atom is -0.456 e. The molecule has 0 aromatic heterocycles. The van der Waals surface area contributed by atoms with E-state index in [9.17, 15) is 4.79 Å². The summed E-state index contributed by atoms with van der Waals surface area (Å²) < 4.78 is 5.79. The first kappa shape index (κ1) is 15.8. The molecule has 0 aliphatic heterocycles. The first-order valence-electron chi connectivity index (χ1n) is 7.83. The predicted octanol–water partition coefficient (Wildman–Crippen LogP) is 4.64. The Kier molecular flexibility index (Phi) is 4.55. The van der Waals surface area contributed by atoms with Crippen molar-refractivity contribution < 1.29 is 9.53 Å². The second-order valence-electron chi connectivity index (χ2n) is 6.66. The predicted molar refractivity (Wildman–Crippen MR) is 86.3 cm³/mol. The van der Waals surface area contributed by atoms with Crippen molar-refractivity contribution in [2.45, 2.75) is 58.5 Å². The molecular formula is C19H26O2. The number of esters is 1. The van der Waals surface area contributed by atoms with Gasteiger partial charge in [-0.15, -0.1) is 0 Å². The third-order valence-corrected chi connectivity index (χ3v) is 4.62. The van der Waals surface area contributed by atoms with Gasteiger partial charge in [-0.1, -0.05) is 44.2 Å². The molecule has 0 heterocycles. The fraction of sp³-hybridized carbons (Fsp3) is 0.526. The molecule has 0 amide bonds. The Morgan fingerprint density at radius 3 is 2.67 bits per heavy atom. The molecule has 2 unspecified atom stereocenters. The number of aryl methyl sites for hydroxylation is 1. The molecule has 0 saturated heterocycles. The van der Waals surface area contributed by atoms with Gasteiger partial charge in [-0.25, -0.2) is 4.79 Å². The number of hydrogen-bond donors (Lipinski definition) is 0. The molecule has 1 aliphatic carbocycles. The van der Waals surface area contributed by atoms with Gasteiger partial charge in [-0.3, -0.25) is 0 Å². The Morgan fingerprint density at radius 2 is 2.05 bits per heavy atom. The van der Waals surface area contributed by atoms with E-state index < -0.39 is 5.60 Å². The lowest BCUT2D eigenvalue weighted by Gasteiger charge is -2.42. The summed E-state index contributed by atoms with van der Waals surface area (Å²) in [6.07, 6.45) is 3.38. The zero-order valence-electron chi connectivity index (χ0n) is 13.6. The van der Waals surface area contributed by atoms with Gasteiger partial charge in [-0.05, 0) is 50.7 Å². The summed E-state index contributed by atoms with van der Waals surface area (Å²) in [7, 11) is 0. The zero-order valence-corrected chi connectivity index (χ0v) is 13.6. The fourth-order valence-electron chi connectivity index (χ4n) is 3.60. The van der Waals surface area contributed by atoms with Crippen LogP contribution in [0.15, 0.2) is 36.4 Å². The van der Waals surface area contributed by atoms with Gasteiger partial charge >= 0.3 is 5.97 Å². The summed E-state index contributed by atoms with van der Waals surface area (Å²) in [5, 5.41) is 0. The molecule has 0 saturated carbocycles. The molecule has 2 heteroatoms. The normalized spacial score (nSPS) is 21.5. The van der Waals surface area contributed by atoms with Crippen LogP contribution in [0.5, 0.6) is 0 Å². The van der Waals surface area contributed by atoms with E-state index in [1.54, 1.807) is 6.92 Å². The summed E-state index contributed by atoms with van der Waals surface area (Å²) in [5.41, 5.74) is 2.68. The highest BCUT2D eigenvalue weighted by molar-refractivity contribution is 5.87. The van der Waals surface area contributed by atoms with Crippen molar-refractivity contribution in [2.24, 2.45) is 5.92 Å². The molecule has 0 bridgehead atoms. The van der Waals surface area contributed by atoms with Crippen LogP contribution in [0.25, 0.3) is 0 Å². The summed E-state index contributed by atoms with van der Waals surface area (Å²) in [4.78, 5) is 12.0. The molecular weight excluding hydrogens is 260 g/mol. The van der Waals surface area contributed by atoms with Gasteiger partial charge in [0, 0.05) is 11.5 Å². The van der Waals surface area contributed by atoms with Crippen LogP contribution in [-0.4, -0.2) is 11.6 Å². The van der Waals surface area contributed by atoms with E-state index in [1.807, 2.05) is 13.8 Å². The highest BCUT2D eigenvalue weighted by atomic mass is 16.6. The second-order valence-corrected chi connectivity index (χ2v) is 6.66. The third-order valence-electron chi connectivity index (χ3n) is 4.62. The SMILES string of the molecule is C=C(C)C(=O)OC(C)(C)C1c2ccccc2CCC1CC. The number of rotatable bonds is 4. The van der Waals surface area contributed by atoms with Gasteiger partial charge in [0.05, 0.1) is 0 Å². The molecule has 2 nitrogen and oxygen atoms in total. The van der Waals surface area contributed by atoms with E-state index in [1.165, 1.54) is 11.1 Å². The first-order chi connectivity index (χ1) is 9.86. The van der Waals surface area contributed by atoms with E-state index in [0.717, 1.165) is 19.3 Å². The highest BCUT2D eigenvalue weighted by Gasteiger charge is 2.42. The molecule has 1 aromatic rings. The average Bonchev–Trinajstić information content (AvgIpc) is 2.45.